The molecular formula is C17H28N4O4S. The number of morpholine rings is 2. The van der Waals surface area contributed by atoms with Crippen molar-refractivity contribution in [1.82, 2.24) is 9.97 Å². The average molecular weight is 385 g/mol. The molecule has 1 aromatic heterocycles. The third-order valence-corrected chi connectivity index (χ3v) is 5.35. The Balaban J connectivity index is 1.97. The molecule has 2 fully saturated rings. The Kier molecular flexibility index (Phi) is 5.69. The predicted octanol–water partition coefficient (Wildman–Crippen LogP) is 0.860. The zero-order valence-corrected chi connectivity index (χ0v) is 16.7. The quantitative estimate of drug-likeness (QED) is 0.756. The van der Waals surface area contributed by atoms with Crippen LogP contribution in [0.2, 0.25) is 0 Å². The fourth-order valence-electron chi connectivity index (χ4n) is 3.51. The minimum Gasteiger partial charge on any atom is -0.377 e. The van der Waals surface area contributed by atoms with Crippen molar-refractivity contribution in [3.8, 4) is 0 Å². The van der Waals surface area contributed by atoms with Crippen LogP contribution in [0.5, 0.6) is 0 Å². The molecule has 0 bridgehead atoms. The van der Waals surface area contributed by atoms with E-state index in [2.05, 4.69) is 21.7 Å². The van der Waals surface area contributed by atoms with Crippen molar-refractivity contribution >= 4 is 21.6 Å². The number of nitrogens with zero attached hydrogens (tertiary/aromatic N) is 4. The molecule has 26 heavy (non-hydrogen) atoms. The standard InChI is InChI=1S/C17H28N4O4S/c1-12-10-24-6-5-21(12)16-7-15(11-26(4,22)23)18-17(19-16)20-8-13(2)25-14(3)9-20/h7,12-14H,5-6,8-11H2,1-4H3/t12-,13-,14+/m1/s1. The average Bonchev–Trinajstić information content (AvgIpc) is 2.52. The normalized spacial score (nSPS) is 27.6. The van der Waals surface area contributed by atoms with Crippen LogP contribution in [0.15, 0.2) is 6.07 Å². The van der Waals surface area contributed by atoms with Crippen LogP contribution in [0.25, 0.3) is 0 Å². The lowest BCUT2D eigenvalue weighted by atomic mass is 10.2. The van der Waals surface area contributed by atoms with Gasteiger partial charge in [-0.05, 0) is 20.8 Å². The number of sulfone groups is 1. The first-order valence-corrected chi connectivity index (χ1v) is 11.1. The highest BCUT2D eigenvalue weighted by Gasteiger charge is 2.27. The molecule has 0 saturated carbocycles. The van der Waals surface area contributed by atoms with Crippen LogP contribution in [0, 0.1) is 0 Å². The van der Waals surface area contributed by atoms with Crippen molar-refractivity contribution in [1.29, 1.82) is 0 Å². The summed E-state index contributed by atoms with van der Waals surface area (Å²) in [5.74, 6) is 1.24. The van der Waals surface area contributed by atoms with Gasteiger partial charge in [0.2, 0.25) is 5.95 Å². The highest BCUT2D eigenvalue weighted by Crippen LogP contribution is 2.24. The van der Waals surface area contributed by atoms with Gasteiger partial charge in [-0.3, -0.25) is 0 Å². The lowest BCUT2D eigenvalue weighted by molar-refractivity contribution is -0.00573. The van der Waals surface area contributed by atoms with Gasteiger partial charge >= 0.3 is 0 Å². The summed E-state index contributed by atoms with van der Waals surface area (Å²) >= 11 is 0. The van der Waals surface area contributed by atoms with E-state index in [1.54, 1.807) is 6.07 Å². The molecule has 0 N–H and O–H groups in total. The molecule has 0 amide bonds. The van der Waals surface area contributed by atoms with Gasteiger partial charge in [0.25, 0.3) is 0 Å². The maximum Gasteiger partial charge on any atom is 0.227 e. The van der Waals surface area contributed by atoms with E-state index in [0.717, 1.165) is 12.4 Å². The van der Waals surface area contributed by atoms with Crippen molar-refractivity contribution < 1.29 is 17.9 Å². The molecule has 0 aromatic carbocycles. The minimum atomic E-state index is -3.18. The fraction of sp³-hybridized carbons (Fsp3) is 0.765. The van der Waals surface area contributed by atoms with Crippen molar-refractivity contribution in [3.05, 3.63) is 11.8 Å². The number of aromatic nitrogens is 2. The summed E-state index contributed by atoms with van der Waals surface area (Å²) in [6.45, 7) is 9.49. The summed E-state index contributed by atoms with van der Waals surface area (Å²) in [6, 6.07) is 1.97. The van der Waals surface area contributed by atoms with Gasteiger partial charge in [0.15, 0.2) is 9.84 Å². The van der Waals surface area contributed by atoms with Crippen LogP contribution in [0.3, 0.4) is 0 Å². The van der Waals surface area contributed by atoms with Gasteiger partial charge in [0.05, 0.1) is 42.9 Å². The maximum atomic E-state index is 11.8. The zero-order valence-electron chi connectivity index (χ0n) is 15.9. The molecule has 1 aromatic rings. The Morgan fingerprint density at radius 2 is 1.88 bits per heavy atom. The second kappa shape index (κ2) is 7.66. The van der Waals surface area contributed by atoms with E-state index < -0.39 is 9.84 Å². The van der Waals surface area contributed by atoms with E-state index in [1.165, 1.54) is 6.26 Å². The van der Waals surface area contributed by atoms with Crippen molar-refractivity contribution in [3.63, 3.8) is 0 Å². The van der Waals surface area contributed by atoms with Crippen LogP contribution in [0.1, 0.15) is 26.5 Å². The molecule has 0 aliphatic carbocycles. The Hall–Kier alpha value is -1.45. The highest BCUT2D eigenvalue weighted by molar-refractivity contribution is 7.89. The minimum absolute atomic E-state index is 0.0756. The molecule has 2 aliphatic rings. The van der Waals surface area contributed by atoms with Crippen LogP contribution in [-0.2, 0) is 25.1 Å². The Morgan fingerprint density at radius 1 is 1.19 bits per heavy atom. The second-order valence-corrected chi connectivity index (χ2v) is 9.51. The Morgan fingerprint density at radius 3 is 2.50 bits per heavy atom. The summed E-state index contributed by atoms with van der Waals surface area (Å²) in [6.07, 6.45) is 1.38. The van der Waals surface area contributed by atoms with Crippen molar-refractivity contribution in [2.75, 3.05) is 48.9 Å². The van der Waals surface area contributed by atoms with Gasteiger partial charge in [0, 0.05) is 32.0 Å². The number of anilines is 2. The van der Waals surface area contributed by atoms with Crippen molar-refractivity contribution in [2.24, 2.45) is 0 Å². The third kappa shape index (κ3) is 4.83. The summed E-state index contributed by atoms with van der Waals surface area (Å²) in [7, 11) is -3.18. The molecule has 3 atom stereocenters. The zero-order chi connectivity index (χ0) is 18.9. The molecule has 8 nitrogen and oxygen atoms in total. The second-order valence-electron chi connectivity index (χ2n) is 7.37. The molecule has 0 radical (unpaired) electrons. The van der Waals surface area contributed by atoms with Crippen molar-refractivity contribution in [2.45, 2.75) is 44.8 Å². The number of rotatable bonds is 4. The first-order chi connectivity index (χ1) is 12.2. The first kappa shape index (κ1) is 19.3. The van der Waals surface area contributed by atoms with E-state index in [-0.39, 0.29) is 24.0 Å². The maximum absolute atomic E-state index is 11.8. The third-order valence-electron chi connectivity index (χ3n) is 4.53. The van der Waals surface area contributed by atoms with E-state index in [9.17, 15) is 8.42 Å². The van der Waals surface area contributed by atoms with Crippen LogP contribution < -0.4 is 9.80 Å². The number of hydrogen-bond donors (Lipinski definition) is 0. The van der Waals surface area contributed by atoms with Gasteiger partial charge in [-0.2, -0.15) is 4.98 Å². The molecule has 0 spiro atoms. The first-order valence-electron chi connectivity index (χ1n) is 9.02. The predicted molar refractivity (Wildman–Crippen MR) is 100 cm³/mol. The lowest BCUT2D eigenvalue weighted by Gasteiger charge is -2.37. The molecule has 3 heterocycles. The van der Waals surface area contributed by atoms with E-state index in [4.69, 9.17) is 14.5 Å². The molecular weight excluding hydrogens is 356 g/mol. The largest absolute Gasteiger partial charge is 0.377 e. The molecule has 2 saturated heterocycles. The summed E-state index contributed by atoms with van der Waals surface area (Å²) in [5.41, 5.74) is 0.526. The van der Waals surface area contributed by atoms with Gasteiger partial charge in [0.1, 0.15) is 5.82 Å². The fourth-order valence-corrected chi connectivity index (χ4v) is 4.19. The smallest absolute Gasteiger partial charge is 0.227 e. The van der Waals surface area contributed by atoms with E-state index in [1.807, 2.05) is 13.8 Å². The van der Waals surface area contributed by atoms with Gasteiger partial charge in [-0.25, -0.2) is 13.4 Å². The molecule has 2 aliphatic heterocycles. The van der Waals surface area contributed by atoms with Crippen LogP contribution in [0.4, 0.5) is 11.8 Å². The topological polar surface area (TPSA) is 84.9 Å². The monoisotopic (exact) mass is 384 g/mol. The van der Waals surface area contributed by atoms with Gasteiger partial charge in [-0.15, -0.1) is 0 Å². The Labute approximate surface area is 155 Å². The van der Waals surface area contributed by atoms with Gasteiger partial charge in [-0.1, -0.05) is 0 Å². The Bertz CT molecular complexity index is 732. The number of ether oxygens (including phenoxy) is 2. The summed E-state index contributed by atoms with van der Waals surface area (Å²) < 4.78 is 34.9. The van der Waals surface area contributed by atoms with Crippen LogP contribution >= 0.6 is 0 Å². The van der Waals surface area contributed by atoms with Gasteiger partial charge < -0.3 is 19.3 Å². The molecule has 0 unspecified atom stereocenters. The lowest BCUT2D eigenvalue weighted by Crippen LogP contribution is -2.47. The van der Waals surface area contributed by atoms with Crippen LogP contribution in [-0.4, -0.2) is 75.7 Å². The molecule has 146 valence electrons. The van der Waals surface area contributed by atoms with E-state index >= 15 is 0 Å². The summed E-state index contributed by atoms with van der Waals surface area (Å²) in [5, 5.41) is 0. The molecule has 3 rings (SSSR count). The molecule has 9 heteroatoms. The SMILES string of the molecule is C[C@@H]1CN(c2nc(CS(C)(=O)=O)cc(N3CCOC[C@H]3C)n2)C[C@H](C)O1. The highest BCUT2D eigenvalue weighted by atomic mass is 32.2. The van der Waals surface area contributed by atoms with E-state index in [0.29, 0.717) is 37.9 Å². The number of hydrogen-bond acceptors (Lipinski definition) is 8. The summed E-state index contributed by atoms with van der Waals surface area (Å²) in [4.78, 5) is 13.6.